The zero-order valence-electron chi connectivity index (χ0n) is 12.3. The first-order valence-corrected chi connectivity index (χ1v) is 7.04. The lowest BCUT2D eigenvalue weighted by atomic mass is 10.2. The Morgan fingerprint density at radius 1 is 1.55 bits per heavy atom. The van der Waals surface area contributed by atoms with Crippen molar-refractivity contribution in [1.82, 2.24) is 9.97 Å². The number of hydrogen-bond acceptors (Lipinski definition) is 5. The number of fused-ring (bicyclic) bond motifs is 1. The Morgan fingerprint density at radius 3 is 3.23 bits per heavy atom. The summed E-state index contributed by atoms with van der Waals surface area (Å²) in [6, 6.07) is 5.61. The fourth-order valence-electron chi connectivity index (χ4n) is 2.42. The fourth-order valence-corrected chi connectivity index (χ4v) is 2.42. The van der Waals surface area contributed by atoms with Crippen LogP contribution in [0.2, 0.25) is 0 Å². The SMILES string of the molecule is COCC(=O)Nc1ccc2c(c1)N(Cc1cnc[nH]1)CCO2. The molecular weight excluding hydrogens is 284 g/mol. The van der Waals surface area contributed by atoms with Crippen molar-refractivity contribution in [2.24, 2.45) is 0 Å². The van der Waals surface area contributed by atoms with Crippen LogP contribution in [0.4, 0.5) is 11.4 Å². The second kappa shape index (κ2) is 6.48. The minimum Gasteiger partial charge on any atom is -0.490 e. The summed E-state index contributed by atoms with van der Waals surface area (Å²) in [6.07, 6.45) is 3.47. The average Bonchev–Trinajstić information content (AvgIpc) is 3.01. The molecule has 0 fully saturated rings. The summed E-state index contributed by atoms with van der Waals surface area (Å²) in [7, 11) is 1.49. The van der Waals surface area contributed by atoms with E-state index in [0.717, 1.165) is 29.4 Å². The number of ether oxygens (including phenoxy) is 2. The molecule has 0 saturated carbocycles. The van der Waals surface area contributed by atoms with Gasteiger partial charge in [0.25, 0.3) is 0 Å². The van der Waals surface area contributed by atoms with Gasteiger partial charge >= 0.3 is 0 Å². The van der Waals surface area contributed by atoms with E-state index in [9.17, 15) is 4.79 Å². The minimum absolute atomic E-state index is 0.0332. The Kier molecular flexibility index (Phi) is 4.24. The van der Waals surface area contributed by atoms with Crippen LogP contribution in [0, 0.1) is 0 Å². The third kappa shape index (κ3) is 3.20. The summed E-state index contributed by atoms with van der Waals surface area (Å²) >= 11 is 0. The molecule has 1 aliphatic rings. The number of nitrogens with one attached hydrogen (secondary N) is 2. The minimum atomic E-state index is -0.181. The first-order chi connectivity index (χ1) is 10.8. The summed E-state index contributed by atoms with van der Waals surface area (Å²) in [6.45, 7) is 2.16. The van der Waals surface area contributed by atoms with Gasteiger partial charge in [-0.2, -0.15) is 0 Å². The number of imidazole rings is 1. The molecule has 2 N–H and O–H groups in total. The monoisotopic (exact) mass is 302 g/mol. The molecule has 7 nitrogen and oxygen atoms in total. The molecule has 0 spiro atoms. The number of H-pyrrole nitrogens is 1. The van der Waals surface area contributed by atoms with E-state index in [4.69, 9.17) is 9.47 Å². The van der Waals surface area contributed by atoms with Gasteiger partial charge in [-0.05, 0) is 18.2 Å². The summed E-state index contributed by atoms with van der Waals surface area (Å²) in [5.41, 5.74) is 2.71. The molecule has 116 valence electrons. The lowest BCUT2D eigenvalue weighted by Gasteiger charge is -2.31. The molecule has 2 aromatic rings. The molecule has 3 rings (SSSR count). The Labute approximate surface area is 128 Å². The summed E-state index contributed by atoms with van der Waals surface area (Å²) in [5.74, 6) is 0.634. The van der Waals surface area contributed by atoms with Crippen molar-refractivity contribution >= 4 is 17.3 Å². The van der Waals surface area contributed by atoms with E-state index in [0.29, 0.717) is 13.2 Å². The molecule has 1 aromatic heterocycles. The van der Waals surface area contributed by atoms with Crippen LogP contribution in [0.5, 0.6) is 5.75 Å². The number of methoxy groups -OCH3 is 1. The Morgan fingerprint density at radius 2 is 2.45 bits per heavy atom. The van der Waals surface area contributed by atoms with Crippen molar-refractivity contribution in [1.29, 1.82) is 0 Å². The van der Waals surface area contributed by atoms with Gasteiger partial charge < -0.3 is 24.7 Å². The summed E-state index contributed by atoms with van der Waals surface area (Å²) in [5, 5.41) is 2.81. The predicted molar refractivity (Wildman–Crippen MR) is 82.1 cm³/mol. The summed E-state index contributed by atoms with van der Waals surface area (Å²) < 4.78 is 10.5. The van der Waals surface area contributed by atoms with E-state index in [2.05, 4.69) is 20.2 Å². The molecule has 7 heteroatoms. The maximum absolute atomic E-state index is 11.6. The van der Waals surface area contributed by atoms with Crippen LogP contribution in [-0.2, 0) is 16.1 Å². The van der Waals surface area contributed by atoms with Crippen LogP contribution in [0.3, 0.4) is 0 Å². The lowest BCUT2D eigenvalue weighted by Crippen LogP contribution is -2.32. The number of benzene rings is 1. The van der Waals surface area contributed by atoms with Crippen LogP contribution in [0.25, 0.3) is 0 Å². The molecule has 1 amide bonds. The second-order valence-corrected chi connectivity index (χ2v) is 5.01. The molecule has 2 heterocycles. The number of rotatable bonds is 5. The number of carbonyl (C=O) groups excluding carboxylic acids is 1. The molecule has 0 radical (unpaired) electrons. The highest BCUT2D eigenvalue weighted by Crippen LogP contribution is 2.34. The van der Waals surface area contributed by atoms with E-state index in [1.807, 2.05) is 18.2 Å². The van der Waals surface area contributed by atoms with Gasteiger partial charge in [0.15, 0.2) is 0 Å². The van der Waals surface area contributed by atoms with Crippen LogP contribution >= 0.6 is 0 Å². The van der Waals surface area contributed by atoms with Gasteiger partial charge in [-0.3, -0.25) is 4.79 Å². The van der Waals surface area contributed by atoms with Gasteiger partial charge in [-0.1, -0.05) is 0 Å². The highest BCUT2D eigenvalue weighted by atomic mass is 16.5. The van der Waals surface area contributed by atoms with E-state index in [-0.39, 0.29) is 12.5 Å². The van der Waals surface area contributed by atoms with Gasteiger partial charge in [-0.25, -0.2) is 4.98 Å². The maximum Gasteiger partial charge on any atom is 0.250 e. The molecule has 22 heavy (non-hydrogen) atoms. The third-order valence-corrected chi connectivity index (χ3v) is 3.39. The molecule has 0 aliphatic carbocycles. The number of hydrogen-bond donors (Lipinski definition) is 2. The quantitative estimate of drug-likeness (QED) is 0.872. The highest BCUT2D eigenvalue weighted by Gasteiger charge is 2.19. The van der Waals surface area contributed by atoms with Crippen LogP contribution < -0.4 is 15.0 Å². The third-order valence-electron chi connectivity index (χ3n) is 3.39. The number of aromatic nitrogens is 2. The second-order valence-electron chi connectivity index (χ2n) is 5.01. The topological polar surface area (TPSA) is 79.5 Å². The van der Waals surface area contributed by atoms with Crippen molar-refractivity contribution in [2.45, 2.75) is 6.54 Å². The van der Waals surface area contributed by atoms with Gasteiger partial charge in [0.1, 0.15) is 19.0 Å². The van der Waals surface area contributed by atoms with Gasteiger partial charge in [0.05, 0.1) is 30.8 Å². The number of carbonyl (C=O) groups is 1. The molecule has 0 unspecified atom stereocenters. The number of aromatic amines is 1. The van der Waals surface area contributed by atoms with Crippen LogP contribution in [-0.4, -0.2) is 42.7 Å². The Balaban J connectivity index is 1.79. The van der Waals surface area contributed by atoms with E-state index in [1.165, 1.54) is 7.11 Å². The van der Waals surface area contributed by atoms with Gasteiger partial charge in [0, 0.05) is 19.0 Å². The Hall–Kier alpha value is -2.54. The molecular formula is C15H18N4O3. The van der Waals surface area contributed by atoms with E-state index < -0.39 is 0 Å². The van der Waals surface area contributed by atoms with Crippen molar-refractivity contribution in [3.8, 4) is 5.75 Å². The van der Waals surface area contributed by atoms with Gasteiger partial charge in [-0.15, -0.1) is 0 Å². The molecule has 0 bridgehead atoms. The molecule has 0 saturated heterocycles. The average molecular weight is 302 g/mol. The highest BCUT2D eigenvalue weighted by molar-refractivity contribution is 5.92. The van der Waals surface area contributed by atoms with Crippen molar-refractivity contribution in [3.05, 3.63) is 36.4 Å². The number of anilines is 2. The maximum atomic E-state index is 11.6. The Bertz CT molecular complexity index is 642. The molecule has 0 atom stereocenters. The van der Waals surface area contributed by atoms with Crippen LogP contribution in [0.15, 0.2) is 30.7 Å². The zero-order valence-corrected chi connectivity index (χ0v) is 12.3. The molecule has 1 aliphatic heterocycles. The van der Waals surface area contributed by atoms with Crippen molar-refractivity contribution < 1.29 is 14.3 Å². The first-order valence-electron chi connectivity index (χ1n) is 7.04. The number of amides is 1. The number of nitrogens with zero attached hydrogens (tertiary/aromatic N) is 2. The van der Waals surface area contributed by atoms with E-state index in [1.54, 1.807) is 12.5 Å². The van der Waals surface area contributed by atoms with Crippen molar-refractivity contribution in [2.75, 3.05) is 37.1 Å². The largest absolute Gasteiger partial charge is 0.490 e. The summed E-state index contributed by atoms with van der Waals surface area (Å²) in [4.78, 5) is 21.0. The van der Waals surface area contributed by atoms with Gasteiger partial charge in [0.2, 0.25) is 5.91 Å². The van der Waals surface area contributed by atoms with Crippen LogP contribution in [0.1, 0.15) is 5.69 Å². The lowest BCUT2D eigenvalue weighted by molar-refractivity contribution is -0.119. The standard InChI is InChI=1S/C15H18N4O3/c1-21-9-15(20)18-11-2-3-14-13(6-11)19(4-5-22-14)8-12-7-16-10-17-12/h2-3,6-7,10H,4-5,8-9H2,1H3,(H,16,17)(H,18,20). The normalized spacial score (nSPS) is 13.4. The first kappa shape index (κ1) is 14.4. The van der Waals surface area contributed by atoms with Crippen molar-refractivity contribution in [3.63, 3.8) is 0 Å². The molecule has 1 aromatic carbocycles. The van der Waals surface area contributed by atoms with E-state index >= 15 is 0 Å². The predicted octanol–water partition coefficient (Wildman–Crippen LogP) is 1.39. The fraction of sp³-hybridized carbons (Fsp3) is 0.333. The smallest absolute Gasteiger partial charge is 0.250 e. The zero-order chi connectivity index (χ0) is 15.4.